The first kappa shape index (κ1) is 20.6. The average Bonchev–Trinajstić information content (AvgIpc) is 3.16. The van der Waals surface area contributed by atoms with Crippen LogP contribution in [-0.4, -0.2) is 15.7 Å². The molecule has 0 aliphatic heterocycles. The summed E-state index contributed by atoms with van der Waals surface area (Å²) in [7, 11) is 0. The van der Waals surface area contributed by atoms with Crippen LogP contribution in [0.5, 0.6) is 5.75 Å². The summed E-state index contributed by atoms with van der Waals surface area (Å²) < 4.78 is 73.6. The van der Waals surface area contributed by atoms with Crippen LogP contribution in [-0.2, 0) is 6.73 Å². The Morgan fingerprint density at radius 2 is 1.69 bits per heavy atom. The van der Waals surface area contributed by atoms with E-state index in [1.54, 1.807) is 30.4 Å². The van der Waals surface area contributed by atoms with Gasteiger partial charge in [-0.2, -0.15) is 5.10 Å². The summed E-state index contributed by atoms with van der Waals surface area (Å²) in [6.45, 7) is 1.66. The van der Waals surface area contributed by atoms with E-state index in [9.17, 15) is 26.7 Å². The number of rotatable bonds is 5. The zero-order chi connectivity index (χ0) is 21.3. The first-order chi connectivity index (χ1) is 13.7. The highest BCUT2D eigenvalue weighted by Gasteiger charge is 2.27. The van der Waals surface area contributed by atoms with Crippen molar-refractivity contribution in [3.63, 3.8) is 0 Å². The van der Waals surface area contributed by atoms with Gasteiger partial charge in [0.15, 0.2) is 35.7 Å². The molecule has 11 heteroatoms. The van der Waals surface area contributed by atoms with Gasteiger partial charge in [-0.05, 0) is 36.8 Å². The number of nitrogens with one attached hydrogen (secondary N) is 1. The van der Waals surface area contributed by atoms with E-state index in [1.807, 2.05) is 0 Å². The van der Waals surface area contributed by atoms with Crippen LogP contribution in [0.3, 0.4) is 0 Å². The van der Waals surface area contributed by atoms with Gasteiger partial charge in [-0.1, -0.05) is 11.6 Å². The molecule has 1 N–H and O–H groups in total. The Balaban J connectivity index is 1.73. The van der Waals surface area contributed by atoms with Crippen LogP contribution in [0.15, 0.2) is 30.5 Å². The molecular formula is C18H11ClF5N3O2. The standard InChI is InChI=1S/C18H11ClF5N3O2/c1-8-6-9(19)2-3-11(8)29-7-27-5-4-10(26-27)18(28)25-17-15(23)13(21)12(20)14(22)16(17)24/h2-6H,7H2,1H3,(H,25,28). The molecule has 0 saturated heterocycles. The molecule has 0 aliphatic rings. The van der Waals surface area contributed by atoms with Crippen molar-refractivity contribution in [2.45, 2.75) is 13.7 Å². The molecular weight excluding hydrogens is 421 g/mol. The van der Waals surface area contributed by atoms with Crippen LogP contribution >= 0.6 is 11.6 Å². The second-order valence-electron chi connectivity index (χ2n) is 5.82. The minimum atomic E-state index is -2.32. The van der Waals surface area contributed by atoms with Crippen molar-refractivity contribution in [1.29, 1.82) is 0 Å². The Bertz CT molecular complexity index is 1070. The van der Waals surface area contributed by atoms with Gasteiger partial charge in [0.1, 0.15) is 11.4 Å². The average molecular weight is 432 g/mol. The molecule has 2 aromatic carbocycles. The Hall–Kier alpha value is -3.14. The number of halogens is 6. The van der Waals surface area contributed by atoms with Crippen LogP contribution in [0.2, 0.25) is 5.02 Å². The van der Waals surface area contributed by atoms with Gasteiger partial charge in [0.05, 0.1) is 0 Å². The number of hydrogen-bond acceptors (Lipinski definition) is 3. The predicted molar refractivity (Wildman–Crippen MR) is 93.2 cm³/mol. The van der Waals surface area contributed by atoms with E-state index < -0.39 is 40.7 Å². The molecule has 0 radical (unpaired) electrons. The molecule has 152 valence electrons. The smallest absolute Gasteiger partial charge is 0.276 e. The van der Waals surface area contributed by atoms with Gasteiger partial charge >= 0.3 is 0 Å². The Morgan fingerprint density at radius 3 is 2.31 bits per heavy atom. The molecule has 0 aliphatic carbocycles. The lowest BCUT2D eigenvalue weighted by Crippen LogP contribution is -2.18. The highest BCUT2D eigenvalue weighted by atomic mass is 35.5. The maximum Gasteiger partial charge on any atom is 0.276 e. The molecule has 1 aromatic heterocycles. The van der Waals surface area contributed by atoms with E-state index in [-0.39, 0.29) is 12.4 Å². The summed E-state index contributed by atoms with van der Waals surface area (Å²) in [4.78, 5) is 12.1. The van der Waals surface area contributed by atoms with E-state index >= 15 is 0 Å². The van der Waals surface area contributed by atoms with Crippen LogP contribution < -0.4 is 10.1 Å². The molecule has 0 atom stereocenters. The van der Waals surface area contributed by atoms with E-state index in [0.717, 1.165) is 5.56 Å². The van der Waals surface area contributed by atoms with Gasteiger partial charge in [0.25, 0.3) is 5.91 Å². The van der Waals surface area contributed by atoms with Gasteiger partial charge in [-0.15, -0.1) is 0 Å². The number of anilines is 1. The molecule has 1 heterocycles. The minimum Gasteiger partial charge on any atom is -0.471 e. The van der Waals surface area contributed by atoms with Crippen molar-refractivity contribution in [3.8, 4) is 5.75 Å². The summed E-state index contributed by atoms with van der Waals surface area (Å²) >= 11 is 5.85. The van der Waals surface area contributed by atoms with Crippen molar-refractivity contribution in [1.82, 2.24) is 9.78 Å². The number of ether oxygens (including phenoxy) is 1. The third kappa shape index (κ3) is 4.16. The van der Waals surface area contributed by atoms with Gasteiger partial charge in [0, 0.05) is 11.2 Å². The van der Waals surface area contributed by atoms with Gasteiger partial charge in [-0.25, -0.2) is 26.6 Å². The summed E-state index contributed by atoms with van der Waals surface area (Å²) in [5.74, 6) is -11.6. The largest absolute Gasteiger partial charge is 0.471 e. The lowest BCUT2D eigenvalue weighted by molar-refractivity contribution is 0.101. The van der Waals surface area contributed by atoms with Crippen molar-refractivity contribution in [2.75, 3.05) is 5.32 Å². The van der Waals surface area contributed by atoms with E-state index in [4.69, 9.17) is 16.3 Å². The highest BCUT2D eigenvalue weighted by Crippen LogP contribution is 2.27. The Labute approximate surface area is 165 Å². The third-order valence-corrected chi connectivity index (χ3v) is 4.05. The number of aromatic nitrogens is 2. The molecule has 0 fully saturated rings. The van der Waals surface area contributed by atoms with Crippen molar-refractivity contribution < 1.29 is 31.5 Å². The number of amides is 1. The summed E-state index contributed by atoms with van der Waals surface area (Å²) in [6, 6.07) is 6.12. The molecule has 3 aromatic rings. The lowest BCUT2D eigenvalue weighted by atomic mass is 10.2. The topological polar surface area (TPSA) is 56.1 Å². The summed E-state index contributed by atoms with van der Waals surface area (Å²) in [6.07, 6.45) is 1.33. The summed E-state index contributed by atoms with van der Waals surface area (Å²) in [5.41, 5.74) is -1.03. The minimum absolute atomic E-state index is 0.113. The van der Waals surface area contributed by atoms with Crippen LogP contribution in [0.25, 0.3) is 0 Å². The molecule has 0 unspecified atom stereocenters. The maximum atomic E-state index is 13.7. The van der Waals surface area contributed by atoms with Crippen LogP contribution in [0, 0.1) is 36.0 Å². The number of hydrogen-bond donors (Lipinski definition) is 1. The Morgan fingerprint density at radius 1 is 1.07 bits per heavy atom. The third-order valence-electron chi connectivity index (χ3n) is 3.81. The second kappa shape index (κ2) is 8.08. The Kier molecular flexibility index (Phi) is 5.73. The van der Waals surface area contributed by atoms with Crippen molar-refractivity contribution >= 4 is 23.2 Å². The monoisotopic (exact) mass is 431 g/mol. The van der Waals surface area contributed by atoms with E-state index in [0.29, 0.717) is 10.8 Å². The van der Waals surface area contributed by atoms with Crippen LogP contribution in [0.1, 0.15) is 16.1 Å². The van der Waals surface area contributed by atoms with Crippen molar-refractivity contribution in [2.24, 2.45) is 0 Å². The quantitative estimate of drug-likeness (QED) is 0.358. The van der Waals surface area contributed by atoms with E-state index in [1.165, 1.54) is 16.9 Å². The normalized spacial score (nSPS) is 10.9. The molecule has 1 amide bonds. The second-order valence-corrected chi connectivity index (χ2v) is 6.26. The zero-order valence-corrected chi connectivity index (χ0v) is 15.3. The van der Waals surface area contributed by atoms with Crippen molar-refractivity contribution in [3.05, 3.63) is 75.8 Å². The van der Waals surface area contributed by atoms with Gasteiger partial charge in [-0.3, -0.25) is 4.79 Å². The molecule has 3 rings (SSSR count). The fourth-order valence-corrected chi connectivity index (χ4v) is 2.58. The van der Waals surface area contributed by atoms with Gasteiger partial charge < -0.3 is 10.1 Å². The first-order valence-electron chi connectivity index (χ1n) is 7.94. The predicted octanol–water partition coefficient (Wildman–Crippen LogP) is 4.83. The molecule has 0 spiro atoms. The van der Waals surface area contributed by atoms with E-state index in [2.05, 4.69) is 5.10 Å². The highest BCUT2D eigenvalue weighted by molar-refractivity contribution is 6.30. The number of aryl methyl sites for hydroxylation is 1. The number of carbonyl (C=O) groups excluding carboxylic acids is 1. The fraction of sp³-hybridized carbons (Fsp3) is 0.111. The molecule has 29 heavy (non-hydrogen) atoms. The molecule has 0 saturated carbocycles. The number of nitrogens with zero attached hydrogens (tertiary/aromatic N) is 2. The molecule has 5 nitrogen and oxygen atoms in total. The number of carbonyl (C=O) groups is 1. The van der Waals surface area contributed by atoms with Gasteiger partial charge in [0.2, 0.25) is 5.82 Å². The summed E-state index contributed by atoms with van der Waals surface area (Å²) in [5, 5.41) is 6.01. The lowest BCUT2D eigenvalue weighted by Gasteiger charge is -2.10. The maximum absolute atomic E-state index is 13.7. The SMILES string of the molecule is Cc1cc(Cl)ccc1OCn1ccc(C(=O)Nc2c(F)c(F)c(F)c(F)c2F)n1. The number of benzene rings is 2. The fourth-order valence-electron chi connectivity index (χ4n) is 2.36. The van der Waals surface area contributed by atoms with Crippen LogP contribution in [0.4, 0.5) is 27.6 Å². The molecule has 0 bridgehead atoms. The first-order valence-corrected chi connectivity index (χ1v) is 8.32. The zero-order valence-electron chi connectivity index (χ0n) is 14.6.